The average molecular weight is 876 g/mol. The van der Waals surface area contributed by atoms with Crippen molar-refractivity contribution in [3.63, 3.8) is 0 Å². The van der Waals surface area contributed by atoms with Gasteiger partial charge in [-0.1, -0.05) is 18.7 Å². The molecule has 0 aliphatic carbocycles. The van der Waals surface area contributed by atoms with Gasteiger partial charge in [0, 0.05) is 50.3 Å². The van der Waals surface area contributed by atoms with E-state index in [1.807, 2.05) is 0 Å². The third kappa shape index (κ3) is 11.4. The van der Waals surface area contributed by atoms with Gasteiger partial charge in [0.05, 0.1) is 19.0 Å². The third-order valence-electron chi connectivity index (χ3n) is 10.6. The molecule has 0 saturated carbocycles. The number of aromatic amines is 1. The Hall–Kier alpha value is -6.82. The molecule has 336 valence electrons. The maximum atomic E-state index is 13.1. The van der Waals surface area contributed by atoms with Gasteiger partial charge in [-0.15, -0.1) is 0 Å². The van der Waals surface area contributed by atoms with E-state index in [1.165, 1.54) is 31.4 Å². The van der Waals surface area contributed by atoms with Gasteiger partial charge in [-0.05, 0) is 49.5 Å². The van der Waals surface area contributed by atoms with Crippen molar-refractivity contribution in [2.24, 2.45) is 5.92 Å². The molecule has 23 heteroatoms. The number of carbonyl (C=O) groups is 7. The second-order valence-electron chi connectivity index (χ2n) is 15.4. The molecule has 2 fully saturated rings. The van der Waals surface area contributed by atoms with Crippen LogP contribution in [0.2, 0.25) is 0 Å². The fourth-order valence-electron chi connectivity index (χ4n) is 7.14. The Bertz CT molecular complexity index is 2230. The average Bonchev–Trinajstić information content (AvgIpc) is 4.02. The molecule has 2 aromatic heterocycles. The lowest BCUT2D eigenvalue weighted by molar-refractivity contribution is -0.185. The number of hydrogen-bond donors (Lipinski definition) is 9. The van der Waals surface area contributed by atoms with Gasteiger partial charge < -0.3 is 61.3 Å². The number of benzene rings is 1. The number of imide groups is 1. The Labute approximate surface area is 359 Å². The van der Waals surface area contributed by atoms with E-state index in [0.717, 1.165) is 17.1 Å². The van der Waals surface area contributed by atoms with Crippen LogP contribution in [0.15, 0.2) is 61.2 Å². The largest absolute Gasteiger partial charge is 0.445 e. The van der Waals surface area contributed by atoms with E-state index in [4.69, 9.17) is 9.47 Å². The van der Waals surface area contributed by atoms with Gasteiger partial charge in [-0.25, -0.2) is 19.7 Å². The molecule has 8 atom stereocenters. The molecule has 3 aromatic rings. The number of aliphatic hydroxyl groups is 3. The highest BCUT2D eigenvalue weighted by atomic mass is 16.6. The van der Waals surface area contributed by atoms with Crippen LogP contribution in [0.5, 0.6) is 0 Å². The van der Waals surface area contributed by atoms with Crippen LogP contribution in [-0.2, 0) is 44.8 Å². The molecule has 0 unspecified atom stereocenters. The van der Waals surface area contributed by atoms with Crippen molar-refractivity contribution in [1.82, 2.24) is 45.7 Å². The monoisotopic (exact) mass is 875 g/mol. The summed E-state index contributed by atoms with van der Waals surface area (Å²) >= 11 is 0. The summed E-state index contributed by atoms with van der Waals surface area (Å²) < 4.78 is 11.3. The molecule has 0 radical (unpaired) electrons. The van der Waals surface area contributed by atoms with Gasteiger partial charge in [-0.2, -0.15) is 0 Å². The van der Waals surface area contributed by atoms with E-state index in [0.29, 0.717) is 41.0 Å². The van der Waals surface area contributed by atoms with E-state index in [-0.39, 0.29) is 44.3 Å². The first-order valence-electron chi connectivity index (χ1n) is 20.0. The lowest BCUT2D eigenvalue weighted by Gasteiger charge is -2.42. The highest BCUT2D eigenvalue weighted by molar-refractivity contribution is 6.13. The highest BCUT2D eigenvalue weighted by Gasteiger charge is 2.45. The summed E-state index contributed by atoms with van der Waals surface area (Å²) in [6, 6.07) is 3.11. The Morgan fingerprint density at radius 1 is 1.00 bits per heavy atom. The number of rotatable bonds is 17. The summed E-state index contributed by atoms with van der Waals surface area (Å²) in [6.07, 6.45) is -0.759. The van der Waals surface area contributed by atoms with Crippen molar-refractivity contribution < 1.29 is 58.4 Å². The van der Waals surface area contributed by atoms with E-state index in [1.54, 1.807) is 24.3 Å². The van der Waals surface area contributed by atoms with Crippen LogP contribution in [0.3, 0.4) is 0 Å². The zero-order valence-electron chi connectivity index (χ0n) is 34.4. The number of aromatic nitrogens is 4. The third-order valence-corrected chi connectivity index (χ3v) is 10.6. The van der Waals surface area contributed by atoms with Crippen molar-refractivity contribution in [2.75, 3.05) is 36.9 Å². The molecule has 6 rings (SSSR count). The molecule has 5 heterocycles. The Morgan fingerprint density at radius 2 is 1.73 bits per heavy atom. The number of nitrogens with one attached hydrogen (secondary N) is 6. The van der Waals surface area contributed by atoms with Crippen LogP contribution < -0.4 is 26.6 Å². The molecule has 3 aliphatic rings. The van der Waals surface area contributed by atoms with Crippen molar-refractivity contribution in [3.8, 4) is 0 Å². The molecule has 0 bridgehead atoms. The van der Waals surface area contributed by atoms with Crippen LogP contribution in [0, 0.1) is 5.92 Å². The Kier molecular flexibility index (Phi) is 14.8. The number of fused-ring (bicyclic) bond motifs is 1. The molecule has 63 heavy (non-hydrogen) atoms. The Balaban J connectivity index is 0.896. The van der Waals surface area contributed by atoms with Crippen molar-refractivity contribution >= 4 is 64.2 Å². The Morgan fingerprint density at radius 3 is 2.43 bits per heavy atom. The van der Waals surface area contributed by atoms with E-state index in [9.17, 15) is 48.9 Å². The summed E-state index contributed by atoms with van der Waals surface area (Å²) in [5.41, 5.74) is 2.10. The van der Waals surface area contributed by atoms with Gasteiger partial charge in [0.15, 0.2) is 17.7 Å². The number of imidazole rings is 1. The molecule has 9 N–H and O–H groups in total. The lowest BCUT2D eigenvalue weighted by atomic mass is 9.94. The molecule has 7 amide bonds. The van der Waals surface area contributed by atoms with Gasteiger partial charge in [0.25, 0.3) is 11.8 Å². The summed E-state index contributed by atoms with van der Waals surface area (Å²) in [7, 11) is 0. The summed E-state index contributed by atoms with van der Waals surface area (Å²) in [4.78, 5) is 105. The normalized spacial score (nSPS) is 22.9. The maximum absolute atomic E-state index is 13.1. The first-order valence-corrected chi connectivity index (χ1v) is 20.0. The maximum Gasteiger partial charge on any atom is 0.410 e. The van der Waals surface area contributed by atoms with Crippen molar-refractivity contribution in [2.45, 2.75) is 82.4 Å². The highest BCUT2D eigenvalue weighted by Crippen LogP contribution is 2.26. The predicted molar refractivity (Wildman–Crippen MR) is 219 cm³/mol. The standard InChI is InChI=1S/C40H49N11O12/c1-20(2)30(47-26(53)11-13-51-28(55)8-9-29(51)56)38(60)45-21(3)37(59)46-24-6-4-22(5-7-24)17-62-40(61)50-12-10-23(15-50)14-27(54)48-31-25(16-52)63-39(34(58)33(31)57)49-36-32-35(42-18-41-32)43-19-44-36/h4-9,18-19,21,23,25,30-31,33-34,39,52,57-58H,1,10-17H2,2-3H3,(H,45,60)(H,46,59)(H,47,53)(H,48,54)(H2,41,42,43,44,49)/t21-,23-,25-,30-,31-,33+,34-,39-/m0/s1. The number of aliphatic hydroxyl groups excluding tert-OH is 3. The van der Waals surface area contributed by atoms with Crippen LogP contribution in [0.4, 0.5) is 16.3 Å². The molecule has 2 saturated heterocycles. The molecule has 3 aliphatic heterocycles. The first-order chi connectivity index (χ1) is 30.1. The second kappa shape index (κ2) is 20.4. The molecule has 1 aromatic carbocycles. The van der Waals surface area contributed by atoms with E-state index < -0.39 is 90.8 Å². The minimum atomic E-state index is -1.52. The van der Waals surface area contributed by atoms with Crippen LogP contribution in [-0.4, -0.2) is 155 Å². The number of hydrogen-bond acceptors (Lipinski definition) is 16. The number of anilines is 2. The summed E-state index contributed by atoms with van der Waals surface area (Å²) in [5, 5.41) is 45.2. The fraction of sp³-hybridized carbons (Fsp3) is 0.450. The minimum Gasteiger partial charge on any atom is -0.445 e. The first kappa shape index (κ1) is 45.7. The number of likely N-dealkylation sites (tertiary alicyclic amines) is 1. The smallest absolute Gasteiger partial charge is 0.410 e. The van der Waals surface area contributed by atoms with Gasteiger partial charge in [0.1, 0.15) is 48.8 Å². The van der Waals surface area contributed by atoms with Gasteiger partial charge >= 0.3 is 6.09 Å². The number of nitrogens with zero attached hydrogens (tertiary/aromatic N) is 5. The zero-order chi connectivity index (χ0) is 45.4. The lowest BCUT2D eigenvalue weighted by Crippen LogP contribution is -2.65. The number of ether oxygens (including phenoxy) is 2. The minimum absolute atomic E-state index is 0.00644. The second-order valence-corrected chi connectivity index (χ2v) is 15.4. The van der Waals surface area contributed by atoms with Crippen molar-refractivity contribution in [1.29, 1.82) is 0 Å². The van der Waals surface area contributed by atoms with Gasteiger partial charge in [-0.3, -0.25) is 33.7 Å². The summed E-state index contributed by atoms with van der Waals surface area (Å²) in [5.74, 6) is -3.37. The van der Waals surface area contributed by atoms with Crippen molar-refractivity contribution in [3.05, 3.63) is 66.8 Å². The quantitative estimate of drug-likeness (QED) is 0.0554. The van der Waals surface area contributed by atoms with E-state index >= 15 is 0 Å². The van der Waals surface area contributed by atoms with Crippen LogP contribution in [0.25, 0.3) is 11.2 Å². The number of H-pyrrole nitrogens is 1. The number of amides is 7. The number of carbonyl (C=O) groups excluding carboxylic acids is 7. The molecule has 0 spiro atoms. The molecular weight excluding hydrogens is 827 g/mol. The molecular formula is C40H49N11O12. The van der Waals surface area contributed by atoms with Gasteiger partial charge in [0.2, 0.25) is 23.6 Å². The van der Waals surface area contributed by atoms with Crippen LogP contribution >= 0.6 is 0 Å². The topological polar surface area (TPSA) is 320 Å². The van der Waals surface area contributed by atoms with Crippen LogP contribution in [0.1, 0.15) is 38.7 Å². The summed E-state index contributed by atoms with van der Waals surface area (Å²) in [6.45, 7) is 6.46. The van der Waals surface area contributed by atoms with E-state index in [2.05, 4.69) is 53.1 Å². The fourth-order valence-corrected chi connectivity index (χ4v) is 7.14. The molecule has 23 nitrogen and oxygen atoms in total. The zero-order valence-corrected chi connectivity index (χ0v) is 34.4. The SMILES string of the molecule is C=C(C)[C@H](NC(=O)CCN1C(=O)C=CC1=O)C(=O)N[C@@H](C)C(=O)Nc1ccc(COC(=O)N2CC[C@@H](CC(=O)N[C@@H]3[C@@H](O)[C@H](O)[C@@H](Nc4ncnc5nc[nH]c45)O[C@H]3CO)C2)cc1. The predicted octanol–water partition coefficient (Wildman–Crippen LogP) is -1.44.